The van der Waals surface area contributed by atoms with E-state index in [0.717, 1.165) is 11.1 Å². The van der Waals surface area contributed by atoms with Crippen molar-refractivity contribution < 1.29 is 14.3 Å². The lowest BCUT2D eigenvalue weighted by Gasteiger charge is -2.36. The molecule has 2 fully saturated rings. The molecule has 1 amide bonds. The van der Waals surface area contributed by atoms with E-state index in [1.54, 1.807) is 24.9 Å². The number of esters is 1. The predicted octanol–water partition coefficient (Wildman–Crippen LogP) is 2.51. The Morgan fingerprint density at radius 2 is 2.13 bits per heavy atom. The number of hydrogen-bond acceptors (Lipinski definition) is 5. The van der Waals surface area contributed by atoms with Gasteiger partial charge in [0.1, 0.15) is 6.10 Å². The number of amides is 1. The second kappa shape index (κ2) is 7.44. The Morgan fingerprint density at radius 1 is 1.27 bits per heavy atom. The molecule has 0 aliphatic carbocycles. The van der Waals surface area contributed by atoms with E-state index >= 15 is 0 Å². The fourth-order valence-corrected chi connectivity index (χ4v) is 4.54. The van der Waals surface area contributed by atoms with E-state index in [9.17, 15) is 9.59 Å². The number of likely N-dealkylation sites (tertiary alicyclic amines) is 1. The molecule has 5 rings (SSSR count). The van der Waals surface area contributed by atoms with E-state index < -0.39 is 5.41 Å². The molecule has 0 saturated carbocycles. The molecule has 1 spiro atoms. The van der Waals surface area contributed by atoms with E-state index in [4.69, 9.17) is 4.74 Å². The third kappa shape index (κ3) is 3.38. The Balaban J connectivity index is 1.24. The van der Waals surface area contributed by atoms with Crippen LogP contribution >= 0.6 is 0 Å². The van der Waals surface area contributed by atoms with E-state index in [-0.39, 0.29) is 18.0 Å². The topological polar surface area (TPSA) is 93.1 Å². The number of aromatic amines is 1. The van der Waals surface area contributed by atoms with Gasteiger partial charge in [-0.2, -0.15) is 5.10 Å². The normalized spacial score (nSPS) is 20.5. The minimum Gasteiger partial charge on any atom is -0.460 e. The number of carbonyl (C=O) groups excluding carboxylic acids is 2. The number of nitrogens with one attached hydrogen (secondary N) is 1. The van der Waals surface area contributed by atoms with Crippen molar-refractivity contribution in [2.24, 2.45) is 5.41 Å². The third-order valence-electron chi connectivity index (χ3n) is 6.25. The molecule has 1 atom stereocenters. The molecule has 2 aliphatic heterocycles. The molecule has 2 saturated heterocycles. The summed E-state index contributed by atoms with van der Waals surface area (Å²) in [6, 6.07) is 7.57. The van der Waals surface area contributed by atoms with E-state index in [0.29, 0.717) is 44.5 Å². The number of ether oxygens (including phenoxy) is 1. The van der Waals surface area contributed by atoms with Crippen molar-refractivity contribution in [2.75, 3.05) is 13.1 Å². The maximum absolute atomic E-state index is 13.1. The summed E-state index contributed by atoms with van der Waals surface area (Å²) in [5.41, 5.74) is 2.07. The summed E-state index contributed by atoms with van der Waals surface area (Å²) < 4.78 is 7.60. The first-order valence-electron chi connectivity index (χ1n) is 10.2. The van der Waals surface area contributed by atoms with Crippen LogP contribution in [0.15, 0.2) is 55.4 Å². The molecule has 1 N–H and O–H groups in total. The van der Waals surface area contributed by atoms with Crippen molar-refractivity contribution in [2.45, 2.75) is 31.9 Å². The zero-order valence-corrected chi connectivity index (χ0v) is 16.5. The molecule has 1 aromatic carbocycles. The molecule has 1 unspecified atom stereocenters. The van der Waals surface area contributed by atoms with Crippen molar-refractivity contribution in [3.63, 3.8) is 0 Å². The van der Waals surface area contributed by atoms with Crippen molar-refractivity contribution in [3.8, 4) is 11.1 Å². The van der Waals surface area contributed by atoms with Crippen LogP contribution in [-0.4, -0.2) is 55.7 Å². The lowest BCUT2D eigenvalue weighted by Crippen LogP contribution is -2.45. The molecule has 4 heterocycles. The van der Waals surface area contributed by atoms with Crippen LogP contribution in [0.25, 0.3) is 11.1 Å². The van der Waals surface area contributed by atoms with Crippen LogP contribution in [0.5, 0.6) is 0 Å². The number of nitrogens with zero attached hydrogens (tertiary/aromatic N) is 4. The number of piperidine rings is 1. The SMILES string of the molecule is O=C(c1cccc(-c2cn[nH]c2)c1)N1CCC2(CC1)CC(Cn1ccnc1)OC2=O. The highest BCUT2D eigenvalue weighted by Crippen LogP contribution is 2.43. The molecule has 3 aromatic rings. The number of imidazole rings is 1. The molecule has 2 aromatic heterocycles. The summed E-state index contributed by atoms with van der Waals surface area (Å²) in [6.45, 7) is 1.74. The zero-order valence-electron chi connectivity index (χ0n) is 16.5. The van der Waals surface area contributed by atoms with Gasteiger partial charge in [0.2, 0.25) is 0 Å². The van der Waals surface area contributed by atoms with Gasteiger partial charge in [0, 0.05) is 49.2 Å². The third-order valence-corrected chi connectivity index (χ3v) is 6.25. The Hall–Kier alpha value is -3.42. The van der Waals surface area contributed by atoms with Gasteiger partial charge >= 0.3 is 5.97 Å². The van der Waals surface area contributed by atoms with Crippen molar-refractivity contribution in [3.05, 3.63) is 60.9 Å². The number of hydrogen-bond donors (Lipinski definition) is 1. The molecule has 0 bridgehead atoms. The maximum atomic E-state index is 13.1. The molecular weight excluding hydrogens is 382 g/mol. The van der Waals surface area contributed by atoms with E-state index in [1.165, 1.54) is 0 Å². The van der Waals surface area contributed by atoms with Gasteiger partial charge in [-0.05, 0) is 30.5 Å². The zero-order chi connectivity index (χ0) is 20.6. The summed E-state index contributed by atoms with van der Waals surface area (Å²) in [5.74, 6) is -0.127. The highest BCUT2D eigenvalue weighted by atomic mass is 16.6. The number of carbonyl (C=O) groups is 2. The summed E-state index contributed by atoms with van der Waals surface area (Å²) in [7, 11) is 0. The quantitative estimate of drug-likeness (QED) is 0.673. The number of rotatable bonds is 4. The molecule has 154 valence electrons. The number of H-pyrrole nitrogens is 1. The first kappa shape index (κ1) is 18.6. The molecule has 0 radical (unpaired) electrons. The van der Waals surface area contributed by atoms with Crippen molar-refractivity contribution in [1.82, 2.24) is 24.6 Å². The van der Waals surface area contributed by atoms with Crippen molar-refractivity contribution in [1.29, 1.82) is 0 Å². The van der Waals surface area contributed by atoms with Crippen LogP contribution in [0.3, 0.4) is 0 Å². The van der Waals surface area contributed by atoms with Gasteiger partial charge in [-0.25, -0.2) is 4.98 Å². The van der Waals surface area contributed by atoms with E-state index in [2.05, 4.69) is 15.2 Å². The largest absolute Gasteiger partial charge is 0.460 e. The minimum atomic E-state index is -0.472. The average Bonchev–Trinajstić information content (AvgIpc) is 3.52. The number of cyclic esters (lactones) is 1. The fourth-order valence-electron chi connectivity index (χ4n) is 4.54. The summed E-state index contributed by atoms with van der Waals surface area (Å²) >= 11 is 0. The number of benzene rings is 1. The van der Waals surface area contributed by atoms with Crippen LogP contribution in [-0.2, 0) is 16.1 Å². The minimum absolute atomic E-state index is 0.00322. The van der Waals surface area contributed by atoms with E-state index in [1.807, 2.05) is 39.9 Å². The fraction of sp³-hybridized carbons (Fsp3) is 0.364. The van der Waals surface area contributed by atoms with Crippen LogP contribution < -0.4 is 0 Å². The Morgan fingerprint density at radius 3 is 2.87 bits per heavy atom. The van der Waals surface area contributed by atoms with Crippen LogP contribution in [0.1, 0.15) is 29.6 Å². The lowest BCUT2D eigenvalue weighted by atomic mass is 9.76. The van der Waals surface area contributed by atoms with Gasteiger partial charge in [-0.15, -0.1) is 0 Å². The molecule has 30 heavy (non-hydrogen) atoms. The second-order valence-corrected chi connectivity index (χ2v) is 8.13. The first-order chi connectivity index (χ1) is 14.6. The smallest absolute Gasteiger partial charge is 0.312 e. The Bertz CT molecular complexity index is 1040. The first-order valence-corrected chi connectivity index (χ1v) is 10.2. The van der Waals surface area contributed by atoms with Crippen LogP contribution in [0.2, 0.25) is 0 Å². The van der Waals surface area contributed by atoms with Gasteiger partial charge in [0.15, 0.2) is 0 Å². The van der Waals surface area contributed by atoms with Gasteiger partial charge in [0.05, 0.1) is 24.5 Å². The molecular formula is C22H23N5O3. The standard InChI is InChI=1S/C22H23N5O3/c28-20(17-3-1-2-16(10-17)18-12-24-25-13-18)27-7-4-22(5-8-27)11-19(30-21(22)29)14-26-9-6-23-15-26/h1-3,6,9-10,12-13,15,19H,4-5,7-8,11,14H2,(H,24,25). The summed E-state index contributed by atoms with van der Waals surface area (Å²) in [5, 5.41) is 6.77. The molecule has 8 heteroatoms. The molecule has 8 nitrogen and oxygen atoms in total. The highest BCUT2D eigenvalue weighted by molar-refractivity contribution is 5.95. The average molecular weight is 405 g/mol. The monoisotopic (exact) mass is 405 g/mol. The van der Waals surface area contributed by atoms with Crippen LogP contribution in [0, 0.1) is 5.41 Å². The highest BCUT2D eigenvalue weighted by Gasteiger charge is 2.50. The Kier molecular flexibility index (Phi) is 4.61. The maximum Gasteiger partial charge on any atom is 0.312 e. The lowest BCUT2D eigenvalue weighted by molar-refractivity contribution is -0.150. The van der Waals surface area contributed by atoms with Gasteiger partial charge in [0.25, 0.3) is 5.91 Å². The van der Waals surface area contributed by atoms with Gasteiger partial charge in [-0.3, -0.25) is 14.7 Å². The summed E-state index contributed by atoms with van der Waals surface area (Å²) in [6.07, 6.45) is 10.7. The second-order valence-electron chi connectivity index (χ2n) is 8.13. The van der Waals surface area contributed by atoms with Gasteiger partial charge in [-0.1, -0.05) is 12.1 Å². The summed E-state index contributed by atoms with van der Waals surface area (Å²) in [4.78, 5) is 31.6. The van der Waals surface area contributed by atoms with Gasteiger partial charge < -0.3 is 14.2 Å². The Labute approximate surface area is 173 Å². The van der Waals surface area contributed by atoms with Crippen molar-refractivity contribution >= 4 is 11.9 Å². The predicted molar refractivity (Wildman–Crippen MR) is 108 cm³/mol. The number of aromatic nitrogens is 4. The molecule has 2 aliphatic rings. The van der Waals surface area contributed by atoms with Crippen LogP contribution in [0.4, 0.5) is 0 Å².